The van der Waals surface area contributed by atoms with Crippen molar-refractivity contribution >= 4 is 16.9 Å². The minimum atomic E-state index is 0.521. The van der Waals surface area contributed by atoms with E-state index in [0.29, 0.717) is 5.70 Å². The summed E-state index contributed by atoms with van der Waals surface area (Å²) in [6.07, 6.45) is 3.54. The van der Waals surface area contributed by atoms with Crippen LogP contribution in [0.4, 0.5) is 0 Å². The first-order valence-electron chi connectivity index (χ1n) is 3.83. The molecule has 13 heavy (non-hydrogen) atoms. The number of nitrogens with two attached hydrogens (primary N) is 1. The van der Waals surface area contributed by atoms with Crippen molar-refractivity contribution in [2.24, 2.45) is 5.73 Å². The summed E-state index contributed by atoms with van der Waals surface area (Å²) < 4.78 is 0. The first-order valence-corrected chi connectivity index (χ1v) is 4.71. The third-order valence-corrected chi connectivity index (χ3v) is 2.22. The molecule has 1 heterocycles. The highest BCUT2D eigenvalue weighted by Crippen LogP contribution is 2.16. The van der Waals surface area contributed by atoms with Gasteiger partial charge >= 0.3 is 0 Å². The van der Waals surface area contributed by atoms with E-state index in [4.69, 9.17) is 5.73 Å². The predicted molar refractivity (Wildman–Crippen MR) is 58.4 cm³/mol. The minimum Gasteiger partial charge on any atom is -0.399 e. The van der Waals surface area contributed by atoms with E-state index in [2.05, 4.69) is 18.1 Å². The second-order valence-corrected chi connectivity index (χ2v) is 3.75. The SMILES string of the molecule is C=C(N)/C=C\C(=C)c1csc(C)n1. The Kier molecular flexibility index (Phi) is 3.03. The third kappa shape index (κ3) is 2.87. The van der Waals surface area contributed by atoms with Gasteiger partial charge in [0.1, 0.15) is 0 Å². The van der Waals surface area contributed by atoms with E-state index in [1.54, 1.807) is 17.4 Å². The molecule has 1 rings (SSSR count). The molecule has 3 heteroatoms. The molecule has 0 spiro atoms. The lowest BCUT2D eigenvalue weighted by atomic mass is 10.2. The van der Waals surface area contributed by atoms with Gasteiger partial charge in [0.05, 0.1) is 10.7 Å². The number of rotatable bonds is 3. The van der Waals surface area contributed by atoms with Crippen LogP contribution in [-0.2, 0) is 0 Å². The Hall–Kier alpha value is -1.35. The van der Waals surface area contributed by atoms with Crippen molar-refractivity contribution in [3.05, 3.63) is 47.1 Å². The second-order valence-electron chi connectivity index (χ2n) is 2.69. The monoisotopic (exact) mass is 192 g/mol. The lowest BCUT2D eigenvalue weighted by molar-refractivity contribution is 1.26. The smallest absolute Gasteiger partial charge is 0.0901 e. The summed E-state index contributed by atoms with van der Waals surface area (Å²) in [6.45, 7) is 9.39. The molecule has 0 unspecified atom stereocenters. The molecule has 0 bridgehead atoms. The molecule has 0 amide bonds. The van der Waals surface area contributed by atoms with E-state index in [0.717, 1.165) is 16.3 Å². The number of hydrogen-bond donors (Lipinski definition) is 1. The Balaban J connectivity index is 2.75. The highest BCUT2D eigenvalue weighted by atomic mass is 32.1. The summed E-state index contributed by atoms with van der Waals surface area (Å²) in [6, 6.07) is 0. The van der Waals surface area contributed by atoms with E-state index in [1.165, 1.54) is 0 Å². The van der Waals surface area contributed by atoms with Gasteiger partial charge in [0.2, 0.25) is 0 Å². The zero-order chi connectivity index (χ0) is 9.84. The number of nitrogens with zero attached hydrogens (tertiary/aromatic N) is 1. The molecule has 2 N–H and O–H groups in total. The van der Waals surface area contributed by atoms with Gasteiger partial charge in [-0.1, -0.05) is 19.2 Å². The van der Waals surface area contributed by atoms with Crippen molar-refractivity contribution in [1.29, 1.82) is 0 Å². The fraction of sp³-hybridized carbons (Fsp3) is 0.100. The van der Waals surface area contributed by atoms with Crippen LogP contribution in [-0.4, -0.2) is 4.98 Å². The topological polar surface area (TPSA) is 38.9 Å². The maximum Gasteiger partial charge on any atom is 0.0901 e. The largest absolute Gasteiger partial charge is 0.399 e. The number of hydrogen-bond acceptors (Lipinski definition) is 3. The normalized spacial score (nSPS) is 10.5. The van der Waals surface area contributed by atoms with Gasteiger partial charge < -0.3 is 5.73 Å². The second kappa shape index (κ2) is 4.05. The van der Waals surface area contributed by atoms with E-state index >= 15 is 0 Å². The van der Waals surface area contributed by atoms with Gasteiger partial charge in [0.15, 0.2) is 0 Å². The molecule has 0 radical (unpaired) electrons. The van der Waals surface area contributed by atoms with Crippen molar-refractivity contribution < 1.29 is 0 Å². The van der Waals surface area contributed by atoms with Crippen LogP contribution in [0.15, 0.2) is 36.4 Å². The summed E-state index contributed by atoms with van der Waals surface area (Å²) in [5, 5.41) is 3.01. The molecule has 0 aromatic carbocycles. The molecule has 0 atom stereocenters. The van der Waals surface area contributed by atoms with Gasteiger partial charge in [-0.15, -0.1) is 11.3 Å². The quantitative estimate of drug-likeness (QED) is 0.747. The molecule has 2 nitrogen and oxygen atoms in total. The van der Waals surface area contributed by atoms with Gasteiger partial charge in [-0.05, 0) is 18.6 Å². The zero-order valence-electron chi connectivity index (χ0n) is 7.58. The maximum atomic E-state index is 5.38. The lowest BCUT2D eigenvalue weighted by Crippen LogP contribution is -1.88. The van der Waals surface area contributed by atoms with Gasteiger partial charge in [-0.25, -0.2) is 4.98 Å². The van der Waals surface area contributed by atoms with Crippen LogP contribution in [0.5, 0.6) is 0 Å². The number of thiazole rings is 1. The fourth-order valence-electron chi connectivity index (χ4n) is 0.804. The summed E-state index contributed by atoms with van der Waals surface area (Å²) >= 11 is 1.61. The molecule has 0 aliphatic carbocycles. The van der Waals surface area contributed by atoms with Crippen molar-refractivity contribution in [3.8, 4) is 0 Å². The summed E-state index contributed by atoms with van der Waals surface area (Å²) in [7, 11) is 0. The maximum absolute atomic E-state index is 5.38. The highest BCUT2D eigenvalue weighted by Gasteiger charge is 1.98. The van der Waals surface area contributed by atoms with E-state index < -0.39 is 0 Å². The molecule has 0 aliphatic heterocycles. The summed E-state index contributed by atoms with van der Waals surface area (Å²) in [5.41, 5.74) is 7.67. The Morgan fingerprint density at radius 3 is 2.69 bits per heavy atom. The van der Waals surface area contributed by atoms with Crippen molar-refractivity contribution in [1.82, 2.24) is 4.98 Å². The molecular weight excluding hydrogens is 180 g/mol. The fourth-order valence-corrected chi connectivity index (χ4v) is 1.44. The van der Waals surface area contributed by atoms with E-state index in [-0.39, 0.29) is 0 Å². The van der Waals surface area contributed by atoms with Gasteiger partial charge in [-0.3, -0.25) is 0 Å². The summed E-state index contributed by atoms with van der Waals surface area (Å²) in [4.78, 5) is 4.29. The first kappa shape index (κ1) is 9.74. The molecule has 0 saturated heterocycles. The van der Waals surface area contributed by atoms with Crippen LogP contribution in [0.2, 0.25) is 0 Å². The molecule has 0 saturated carbocycles. The van der Waals surface area contributed by atoms with Gasteiger partial charge in [-0.2, -0.15) is 0 Å². The standard InChI is InChI=1S/C10H12N2S/c1-7(4-5-8(2)11)10-6-13-9(3)12-10/h4-6H,1-2,11H2,3H3/b5-4-. The van der Waals surface area contributed by atoms with Crippen LogP contribution < -0.4 is 5.73 Å². The molecule has 1 aromatic rings. The molecule has 1 aromatic heterocycles. The molecule has 0 fully saturated rings. The zero-order valence-corrected chi connectivity index (χ0v) is 8.40. The molecule has 68 valence electrons. The first-order chi connectivity index (χ1) is 6.09. The van der Waals surface area contributed by atoms with Crippen molar-refractivity contribution in [2.45, 2.75) is 6.92 Å². The number of allylic oxidation sites excluding steroid dienone is 3. The average Bonchev–Trinajstić information content (AvgIpc) is 2.47. The van der Waals surface area contributed by atoms with Gasteiger partial charge in [0, 0.05) is 11.1 Å². The highest BCUT2D eigenvalue weighted by molar-refractivity contribution is 7.09. The predicted octanol–water partition coefficient (Wildman–Crippen LogP) is 2.49. The Labute approximate surface area is 82.1 Å². The Morgan fingerprint density at radius 1 is 1.54 bits per heavy atom. The van der Waals surface area contributed by atoms with Crippen LogP contribution in [0.25, 0.3) is 5.57 Å². The van der Waals surface area contributed by atoms with Crippen molar-refractivity contribution in [2.75, 3.05) is 0 Å². The van der Waals surface area contributed by atoms with E-state index in [1.807, 2.05) is 18.4 Å². The third-order valence-electron chi connectivity index (χ3n) is 1.45. The number of aryl methyl sites for hydroxylation is 1. The molecule has 0 aliphatic rings. The minimum absolute atomic E-state index is 0.521. The van der Waals surface area contributed by atoms with Crippen LogP contribution in [0.3, 0.4) is 0 Å². The lowest BCUT2D eigenvalue weighted by Gasteiger charge is -1.92. The average molecular weight is 192 g/mol. The summed E-state index contributed by atoms with van der Waals surface area (Å²) in [5.74, 6) is 0. The Bertz CT molecular complexity index is 361. The van der Waals surface area contributed by atoms with Crippen molar-refractivity contribution in [3.63, 3.8) is 0 Å². The van der Waals surface area contributed by atoms with Crippen LogP contribution >= 0.6 is 11.3 Å². The number of aromatic nitrogens is 1. The van der Waals surface area contributed by atoms with Crippen LogP contribution in [0.1, 0.15) is 10.7 Å². The van der Waals surface area contributed by atoms with E-state index in [9.17, 15) is 0 Å². The Morgan fingerprint density at radius 2 is 2.23 bits per heavy atom. The van der Waals surface area contributed by atoms with Gasteiger partial charge in [0.25, 0.3) is 0 Å². The van der Waals surface area contributed by atoms with Crippen LogP contribution in [0, 0.1) is 6.92 Å². The molecular formula is C10H12N2S.